The highest BCUT2D eigenvalue weighted by atomic mass is 33.1. The number of benzene rings is 3. The molecule has 0 heterocycles. The van der Waals surface area contributed by atoms with Crippen molar-refractivity contribution in [2.75, 3.05) is 31.3 Å². The Morgan fingerprint density at radius 1 is 0.864 bits per heavy atom. The molecule has 12 heteroatoms. The summed E-state index contributed by atoms with van der Waals surface area (Å²) in [5.74, 6) is 4.84. The number of carbonyl (C=O) groups is 3. The quantitative estimate of drug-likeness (QED) is 0.0235. The molecule has 0 radical (unpaired) electrons. The normalized spacial score (nSPS) is 26.7. The average Bonchev–Trinajstić information content (AvgIpc) is 3.67. The first-order valence-electron chi connectivity index (χ1n) is 24.7. The number of nitrogens with zero attached hydrogens (tertiary/aromatic N) is 1. The summed E-state index contributed by atoms with van der Waals surface area (Å²) in [7, 11) is 2.98. The average molecular weight is 942 g/mol. The molecule has 3 aromatic rings. The molecule has 4 aliphatic rings. The molecule has 1 amide bonds. The third-order valence-electron chi connectivity index (χ3n) is 16.1. The number of amides is 1. The number of carbonyl (C=O) groups excluding carboxylic acids is 3. The molecule has 3 saturated carbocycles. The summed E-state index contributed by atoms with van der Waals surface area (Å²) >= 11 is 0. The second kappa shape index (κ2) is 23.2. The summed E-state index contributed by atoms with van der Waals surface area (Å²) < 4.78 is 16.9. The number of hydrogen-bond acceptors (Lipinski definition) is 11. The largest absolute Gasteiger partial charge is 0.508 e. The van der Waals surface area contributed by atoms with Gasteiger partial charge >= 0.3 is 12.1 Å². The minimum Gasteiger partial charge on any atom is -0.461 e. The van der Waals surface area contributed by atoms with Gasteiger partial charge in [-0.25, -0.2) is 10.3 Å². The number of nitrogens with two attached hydrogens (primary N) is 1. The summed E-state index contributed by atoms with van der Waals surface area (Å²) in [6.45, 7) is 14.4. The van der Waals surface area contributed by atoms with Gasteiger partial charge in [-0.05, 0) is 131 Å². The Hall–Kier alpha value is -3.55. The van der Waals surface area contributed by atoms with Crippen LogP contribution in [0.15, 0.2) is 78.4 Å². The molecule has 0 bridgehead atoms. The Bertz CT molecular complexity index is 2130. The Balaban J connectivity index is 0.796. The first-order chi connectivity index (χ1) is 31.8. The van der Waals surface area contributed by atoms with Crippen LogP contribution in [0.5, 0.6) is 0 Å². The number of nitrogens with one attached hydrogen (secondary N) is 1. The summed E-state index contributed by atoms with van der Waals surface area (Å²) in [5, 5.41) is 11.3. The zero-order chi connectivity index (χ0) is 46.8. The SMILES string of the molecule is CC(C)CCC[C@@H](C)[C@H]1CC[C@H]2[C@@H]3CC=C4CC(OC(=O)[C@@H](N)CSSCCOC(=O)OCCN(Cc5ccc(C(=O)NO)cc5)Cc5ccc6ccccc6c5)CC[C@]4(C)[C@H]3CC[C@]12C. The van der Waals surface area contributed by atoms with Gasteiger partial charge in [-0.1, -0.05) is 136 Å². The van der Waals surface area contributed by atoms with E-state index in [9.17, 15) is 14.4 Å². The molecule has 9 atom stereocenters. The van der Waals surface area contributed by atoms with Crippen molar-refractivity contribution in [3.8, 4) is 0 Å². The van der Waals surface area contributed by atoms with E-state index in [4.69, 9.17) is 25.2 Å². The van der Waals surface area contributed by atoms with Crippen LogP contribution in [0, 0.1) is 46.3 Å². The van der Waals surface area contributed by atoms with Crippen LogP contribution >= 0.6 is 21.6 Å². The first-order valence-corrected chi connectivity index (χ1v) is 27.2. The second-order valence-corrected chi connectivity index (χ2v) is 23.4. The highest BCUT2D eigenvalue weighted by Gasteiger charge is 2.59. The maximum absolute atomic E-state index is 13.2. The Labute approximate surface area is 401 Å². The van der Waals surface area contributed by atoms with Crippen LogP contribution in [0.4, 0.5) is 4.79 Å². The van der Waals surface area contributed by atoms with Crippen molar-refractivity contribution in [1.29, 1.82) is 0 Å². The van der Waals surface area contributed by atoms with Crippen LogP contribution in [-0.4, -0.2) is 71.5 Å². The number of allylic oxidation sites excluding steroid dienone is 1. The fourth-order valence-corrected chi connectivity index (χ4v) is 14.5. The fourth-order valence-electron chi connectivity index (χ4n) is 12.6. The fraction of sp³-hybridized carbons (Fsp3) is 0.611. The number of esters is 1. The van der Waals surface area contributed by atoms with E-state index in [1.54, 1.807) is 17.6 Å². The van der Waals surface area contributed by atoms with Crippen LogP contribution in [0.25, 0.3) is 10.8 Å². The lowest BCUT2D eigenvalue weighted by Crippen LogP contribution is -2.51. The third kappa shape index (κ3) is 12.4. The molecule has 66 heavy (non-hydrogen) atoms. The molecule has 0 saturated heterocycles. The van der Waals surface area contributed by atoms with Gasteiger partial charge < -0.3 is 19.9 Å². The van der Waals surface area contributed by atoms with Gasteiger partial charge in [-0.15, -0.1) is 0 Å². The van der Waals surface area contributed by atoms with Crippen LogP contribution in [0.2, 0.25) is 0 Å². The topological polar surface area (TPSA) is 140 Å². The molecule has 7 rings (SSSR count). The Kier molecular flexibility index (Phi) is 17.7. The van der Waals surface area contributed by atoms with Crippen LogP contribution in [-0.2, 0) is 32.1 Å². The van der Waals surface area contributed by atoms with Crippen molar-refractivity contribution in [3.05, 3.63) is 95.1 Å². The molecule has 0 aromatic heterocycles. The van der Waals surface area contributed by atoms with E-state index in [2.05, 4.69) is 75.9 Å². The minimum atomic E-state index is -0.732. The minimum absolute atomic E-state index is 0.118. The number of ether oxygens (including phenoxy) is 3. The molecule has 4 aliphatic carbocycles. The number of hydrogen-bond donors (Lipinski definition) is 3. The lowest BCUT2D eigenvalue weighted by atomic mass is 9.47. The van der Waals surface area contributed by atoms with Crippen molar-refractivity contribution < 1.29 is 33.8 Å². The standard InChI is InChI=1S/C54H75N3O7S2/c1-36(2)9-8-10-37(3)46-21-22-47-45-20-19-43-32-44(23-25-53(43,4)48(45)24-26-54(46,47)5)64-51(59)49(55)35-66-65-30-29-63-52(60)62-28-27-57(33-38-13-17-41(18-14-38)50(58)56-61)34-39-15-16-40-11-6-7-12-42(40)31-39/h6-7,11-19,31,36-37,44-49,61H,8-10,20-30,32-35,55H2,1-5H3,(H,56,58)/t37-,44?,45+,46-,47+,48+,49+,53+,54-/m1/s1. The molecular formula is C54H75N3O7S2. The number of hydroxylamine groups is 1. The second-order valence-electron chi connectivity index (χ2n) is 20.8. The lowest BCUT2D eigenvalue weighted by Gasteiger charge is -2.58. The molecule has 360 valence electrons. The van der Waals surface area contributed by atoms with Gasteiger partial charge in [0.2, 0.25) is 0 Å². The highest BCUT2D eigenvalue weighted by molar-refractivity contribution is 8.76. The van der Waals surface area contributed by atoms with Gasteiger partial charge in [0.1, 0.15) is 25.4 Å². The maximum atomic E-state index is 13.2. The highest BCUT2D eigenvalue weighted by Crippen LogP contribution is 2.67. The van der Waals surface area contributed by atoms with Crippen molar-refractivity contribution in [2.45, 2.75) is 130 Å². The van der Waals surface area contributed by atoms with E-state index in [0.717, 1.165) is 76.7 Å². The third-order valence-corrected chi connectivity index (χ3v) is 18.5. The van der Waals surface area contributed by atoms with Gasteiger partial charge in [-0.3, -0.25) is 19.7 Å². The van der Waals surface area contributed by atoms with Crippen molar-refractivity contribution in [1.82, 2.24) is 10.4 Å². The predicted octanol–water partition coefficient (Wildman–Crippen LogP) is 11.8. The molecular weight excluding hydrogens is 867 g/mol. The molecule has 3 fully saturated rings. The molecule has 3 aromatic carbocycles. The molecule has 1 unspecified atom stereocenters. The summed E-state index contributed by atoms with van der Waals surface area (Å²) in [5.41, 5.74) is 12.6. The molecule has 4 N–H and O–H groups in total. The summed E-state index contributed by atoms with van der Waals surface area (Å²) in [6, 6.07) is 20.9. The van der Waals surface area contributed by atoms with E-state index in [1.165, 1.54) is 78.5 Å². The summed E-state index contributed by atoms with van der Waals surface area (Å²) in [6.07, 6.45) is 15.3. The molecule has 0 aliphatic heterocycles. The zero-order valence-corrected chi connectivity index (χ0v) is 41.6. The van der Waals surface area contributed by atoms with E-state index in [0.29, 0.717) is 42.1 Å². The van der Waals surface area contributed by atoms with Gasteiger partial charge in [0, 0.05) is 43.1 Å². The first kappa shape index (κ1) is 50.3. The van der Waals surface area contributed by atoms with E-state index >= 15 is 0 Å². The van der Waals surface area contributed by atoms with Gasteiger partial charge in [-0.2, -0.15) is 0 Å². The van der Waals surface area contributed by atoms with Crippen molar-refractivity contribution in [3.63, 3.8) is 0 Å². The Morgan fingerprint density at radius 2 is 1.61 bits per heavy atom. The smallest absolute Gasteiger partial charge is 0.461 e. The van der Waals surface area contributed by atoms with Crippen molar-refractivity contribution in [2.24, 2.45) is 52.1 Å². The van der Waals surface area contributed by atoms with E-state index in [-0.39, 0.29) is 30.7 Å². The lowest BCUT2D eigenvalue weighted by molar-refractivity contribution is -0.152. The van der Waals surface area contributed by atoms with Gasteiger partial charge in [0.25, 0.3) is 5.91 Å². The zero-order valence-electron chi connectivity index (χ0n) is 40.0. The van der Waals surface area contributed by atoms with Crippen LogP contribution in [0.3, 0.4) is 0 Å². The van der Waals surface area contributed by atoms with Gasteiger partial charge in [0.05, 0.1) is 0 Å². The Morgan fingerprint density at radius 3 is 2.38 bits per heavy atom. The van der Waals surface area contributed by atoms with E-state index < -0.39 is 18.1 Å². The molecule has 0 spiro atoms. The maximum Gasteiger partial charge on any atom is 0.508 e. The number of rotatable bonds is 21. The number of fused-ring (bicyclic) bond motifs is 6. The monoisotopic (exact) mass is 942 g/mol. The molecule has 10 nitrogen and oxygen atoms in total. The van der Waals surface area contributed by atoms with Crippen LogP contribution < -0.4 is 11.2 Å². The predicted molar refractivity (Wildman–Crippen MR) is 267 cm³/mol. The summed E-state index contributed by atoms with van der Waals surface area (Å²) in [4.78, 5) is 39.7. The van der Waals surface area contributed by atoms with Crippen LogP contribution in [0.1, 0.15) is 127 Å². The van der Waals surface area contributed by atoms with E-state index in [1.807, 2.05) is 24.3 Å². The van der Waals surface area contributed by atoms with Gasteiger partial charge in [0.15, 0.2) is 0 Å². The van der Waals surface area contributed by atoms with Crippen molar-refractivity contribution >= 4 is 50.4 Å².